The molecule has 0 aliphatic heterocycles. The van der Waals surface area contributed by atoms with E-state index in [0.29, 0.717) is 24.5 Å². The molecule has 1 atom stereocenters. The van der Waals surface area contributed by atoms with Crippen molar-refractivity contribution in [1.82, 2.24) is 4.72 Å². The largest absolute Gasteiger partial charge is 0.383 e. The molecule has 0 fully saturated rings. The van der Waals surface area contributed by atoms with Gasteiger partial charge in [-0.25, -0.2) is 13.1 Å². The van der Waals surface area contributed by atoms with E-state index in [4.69, 9.17) is 10.5 Å². The number of hydrogen-bond acceptors (Lipinski definition) is 4. The van der Waals surface area contributed by atoms with Crippen LogP contribution >= 0.6 is 0 Å². The minimum Gasteiger partial charge on any atom is -0.383 e. The summed E-state index contributed by atoms with van der Waals surface area (Å²) < 4.78 is 32.3. The third-order valence-electron chi connectivity index (χ3n) is 2.81. The summed E-state index contributed by atoms with van der Waals surface area (Å²) in [6, 6.07) is 5.04. The second-order valence-corrected chi connectivity index (χ2v) is 6.16. The smallest absolute Gasteiger partial charge is 0.241 e. The van der Waals surface area contributed by atoms with E-state index in [-0.39, 0.29) is 6.04 Å². The zero-order valence-electron chi connectivity index (χ0n) is 11.6. The van der Waals surface area contributed by atoms with Crippen LogP contribution in [0.5, 0.6) is 0 Å². The Morgan fingerprint density at radius 1 is 1.42 bits per heavy atom. The topological polar surface area (TPSA) is 81.4 Å². The molecular weight excluding hydrogens is 264 g/mol. The summed E-state index contributed by atoms with van der Waals surface area (Å²) in [6.45, 7) is 4.34. The predicted octanol–water partition coefficient (Wildman–Crippen LogP) is 1.02. The third kappa shape index (κ3) is 4.28. The summed E-state index contributed by atoms with van der Waals surface area (Å²) in [4.78, 5) is 0.306. The van der Waals surface area contributed by atoms with Gasteiger partial charge in [0.05, 0.1) is 11.5 Å². The van der Waals surface area contributed by atoms with E-state index in [0.717, 1.165) is 11.1 Å². The maximum atomic E-state index is 12.4. The summed E-state index contributed by atoms with van der Waals surface area (Å²) in [5.74, 6) is 0. The van der Waals surface area contributed by atoms with Gasteiger partial charge in [0.15, 0.2) is 0 Å². The van der Waals surface area contributed by atoms with E-state index >= 15 is 0 Å². The number of aryl methyl sites for hydroxylation is 1. The molecule has 0 saturated carbocycles. The van der Waals surface area contributed by atoms with E-state index in [9.17, 15) is 8.42 Å². The maximum absolute atomic E-state index is 12.4. The summed E-state index contributed by atoms with van der Waals surface area (Å²) in [7, 11) is -2.00. The number of hydrogen-bond donors (Lipinski definition) is 2. The molecule has 19 heavy (non-hydrogen) atoms. The molecule has 0 amide bonds. The van der Waals surface area contributed by atoms with Crippen molar-refractivity contribution in [3.05, 3.63) is 29.3 Å². The molecule has 0 aromatic heterocycles. The van der Waals surface area contributed by atoms with E-state index in [2.05, 4.69) is 4.72 Å². The van der Waals surface area contributed by atoms with Gasteiger partial charge in [-0.05, 0) is 30.5 Å². The van der Waals surface area contributed by atoms with Crippen molar-refractivity contribution >= 4 is 10.0 Å². The molecule has 0 radical (unpaired) electrons. The summed E-state index contributed by atoms with van der Waals surface area (Å²) >= 11 is 0. The van der Waals surface area contributed by atoms with Crippen LogP contribution in [-0.4, -0.2) is 28.2 Å². The number of methoxy groups -OCH3 is 1. The van der Waals surface area contributed by atoms with Crippen LogP contribution in [0.1, 0.15) is 25.0 Å². The van der Waals surface area contributed by atoms with Gasteiger partial charge in [0.2, 0.25) is 10.0 Å². The Kier molecular flexibility index (Phi) is 5.93. The summed E-state index contributed by atoms with van der Waals surface area (Å²) in [6.07, 6.45) is 0.653. The Hall–Kier alpha value is -0.950. The van der Waals surface area contributed by atoms with E-state index in [1.807, 2.05) is 19.1 Å². The Bertz CT molecular complexity index is 515. The molecule has 0 aliphatic rings. The first kappa shape index (κ1) is 16.1. The normalized spacial score (nSPS) is 13.5. The Labute approximate surface area is 115 Å². The summed E-state index contributed by atoms with van der Waals surface area (Å²) in [5, 5.41) is 0. The van der Waals surface area contributed by atoms with Crippen LogP contribution in [0.2, 0.25) is 0 Å². The fourth-order valence-electron chi connectivity index (χ4n) is 1.88. The second-order valence-electron chi connectivity index (χ2n) is 4.48. The lowest BCUT2D eigenvalue weighted by Crippen LogP contribution is -2.36. The van der Waals surface area contributed by atoms with Gasteiger partial charge in [-0.15, -0.1) is 0 Å². The Morgan fingerprint density at radius 3 is 2.63 bits per heavy atom. The monoisotopic (exact) mass is 286 g/mol. The zero-order valence-corrected chi connectivity index (χ0v) is 12.5. The molecule has 6 heteroatoms. The van der Waals surface area contributed by atoms with E-state index in [1.54, 1.807) is 13.0 Å². The molecule has 3 N–H and O–H groups in total. The Morgan fingerprint density at radius 2 is 2.11 bits per heavy atom. The molecule has 0 aliphatic carbocycles. The molecule has 0 saturated heterocycles. The molecule has 1 aromatic carbocycles. The van der Waals surface area contributed by atoms with Crippen LogP contribution < -0.4 is 10.5 Å². The van der Waals surface area contributed by atoms with Gasteiger partial charge >= 0.3 is 0 Å². The minimum absolute atomic E-state index is 0.277. The second kappa shape index (κ2) is 7.00. The molecule has 0 heterocycles. The number of nitrogens with one attached hydrogen (secondary N) is 1. The zero-order chi connectivity index (χ0) is 14.5. The van der Waals surface area contributed by atoms with Crippen LogP contribution in [0.3, 0.4) is 0 Å². The minimum atomic E-state index is -3.54. The highest BCUT2D eigenvalue weighted by atomic mass is 32.2. The quantitative estimate of drug-likeness (QED) is 0.784. The molecule has 1 rings (SSSR count). The molecule has 1 aromatic rings. The van der Waals surface area contributed by atoms with Gasteiger partial charge in [0.25, 0.3) is 0 Å². The van der Waals surface area contributed by atoms with Crippen LogP contribution in [-0.2, 0) is 27.7 Å². The van der Waals surface area contributed by atoms with Gasteiger partial charge in [-0.3, -0.25) is 0 Å². The van der Waals surface area contributed by atoms with Crippen LogP contribution in [0.25, 0.3) is 0 Å². The number of nitrogens with two attached hydrogens (primary N) is 1. The molecule has 0 spiro atoms. The lowest BCUT2D eigenvalue weighted by atomic mass is 10.1. The lowest BCUT2D eigenvalue weighted by molar-refractivity contribution is 0.180. The van der Waals surface area contributed by atoms with Gasteiger partial charge in [-0.2, -0.15) is 0 Å². The average Bonchev–Trinajstić information content (AvgIpc) is 2.37. The fraction of sp³-hybridized carbons (Fsp3) is 0.538. The number of ether oxygens (including phenoxy) is 1. The summed E-state index contributed by atoms with van der Waals surface area (Å²) in [5.41, 5.74) is 7.16. The van der Waals surface area contributed by atoms with Gasteiger partial charge < -0.3 is 10.5 Å². The molecule has 1 unspecified atom stereocenters. The van der Waals surface area contributed by atoms with E-state index in [1.165, 1.54) is 7.11 Å². The highest BCUT2D eigenvalue weighted by Crippen LogP contribution is 2.18. The SMILES string of the molecule is CCc1ccc(CN)cc1S(=O)(=O)NC(C)COC. The third-order valence-corrected chi connectivity index (χ3v) is 4.48. The Balaban J connectivity index is 3.11. The highest BCUT2D eigenvalue weighted by molar-refractivity contribution is 7.89. The predicted molar refractivity (Wildman–Crippen MR) is 75.4 cm³/mol. The van der Waals surface area contributed by atoms with Crippen LogP contribution in [0.4, 0.5) is 0 Å². The maximum Gasteiger partial charge on any atom is 0.241 e. The van der Waals surface area contributed by atoms with Crippen LogP contribution in [0.15, 0.2) is 23.1 Å². The van der Waals surface area contributed by atoms with Crippen molar-refractivity contribution in [2.75, 3.05) is 13.7 Å². The van der Waals surface area contributed by atoms with Gasteiger partial charge in [-0.1, -0.05) is 19.1 Å². The van der Waals surface area contributed by atoms with E-state index < -0.39 is 10.0 Å². The van der Waals surface area contributed by atoms with Crippen molar-refractivity contribution in [2.24, 2.45) is 5.73 Å². The molecular formula is C13H22N2O3S. The highest BCUT2D eigenvalue weighted by Gasteiger charge is 2.20. The van der Waals surface area contributed by atoms with Crippen molar-refractivity contribution < 1.29 is 13.2 Å². The molecule has 5 nitrogen and oxygen atoms in total. The first-order chi connectivity index (χ1) is 8.94. The average molecular weight is 286 g/mol. The van der Waals surface area contributed by atoms with Gasteiger partial charge in [0, 0.05) is 19.7 Å². The van der Waals surface area contributed by atoms with Crippen molar-refractivity contribution in [1.29, 1.82) is 0 Å². The number of benzene rings is 1. The van der Waals surface area contributed by atoms with Gasteiger partial charge in [0.1, 0.15) is 0 Å². The number of rotatable bonds is 7. The first-order valence-electron chi connectivity index (χ1n) is 6.27. The molecule has 108 valence electrons. The van der Waals surface area contributed by atoms with Crippen molar-refractivity contribution in [3.63, 3.8) is 0 Å². The standard InChI is InChI=1S/C13H22N2O3S/c1-4-12-6-5-11(8-14)7-13(12)19(16,17)15-10(2)9-18-3/h5-7,10,15H,4,8-9,14H2,1-3H3. The first-order valence-corrected chi connectivity index (χ1v) is 7.76. The fourth-order valence-corrected chi connectivity index (χ4v) is 3.47. The molecule has 0 bridgehead atoms. The number of sulfonamides is 1. The van der Waals surface area contributed by atoms with Crippen molar-refractivity contribution in [3.8, 4) is 0 Å². The lowest BCUT2D eigenvalue weighted by Gasteiger charge is -2.16. The van der Waals surface area contributed by atoms with Crippen molar-refractivity contribution in [2.45, 2.75) is 37.8 Å². The van der Waals surface area contributed by atoms with Crippen LogP contribution in [0, 0.1) is 0 Å².